The Morgan fingerprint density at radius 1 is 1.27 bits per heavy atom. The Labute approximate surface area is 131 Å². The molecule has 1 amide bonds. The molecule has 0 bridgehead atoms. The monoisotopic (exact) mass is 316 g/mol. The molecule has 0 radical (unpaired) electrons. The van der Waals surface area contributed by atoms with Crippen molar-refractivity contribution >= 4 is 23.3 Å². The molecule has 4 rings (SSSR count). The predicted molar refractivity (Wildman–Crippen MR) is 81.9 cm³/mol. The van der Waals surface area contributed by atoms with Gasteiger partial charge in [0.1, 0.15) is 12.1 Å². The highest BCUT2D eigenvalue weighted by Crippen LogP contribution is 2.27. The highest BCUT2D eigenvalue weighted by atomic mass is 32.1. The fourth-order valence-electron chi connectivity index (χ4n) is 2.69. The first-order valence-corrected chi connectivity index (χ1v) is 8.30. The van der Waals surface area contributed by atoms with Crippen LogP contribution < -0.4 is 5.32 Å². The van der Waals surface area contributed by atoms with E-state index in [0.717, 1.165) is 29.9 Å². The van der Waals surface area contributed by atoms with Gasteiger partial charge in [-0.05, 0) is 30.8 Å². The normalized spacial score (nSPS) is 17.7. The summed E-state index contributed by atoms with van der Waals surface area (Å²) in [6.07, 6.45) is 5.56. The topological polar surface area (TPSA) is 83.9 Å². The molecule has 0 unspecified atom stereocenters. The number of fused-ring (bicyclic) bond motifs is 1. The lowest BCUT2D eigenvalue weighted by Crippen LogP contribution is -2.33. The molecule has 8 heteroatoms. The molecule has 1 fully saturated rings. The molecular weight excluding hydrogens is 300 g/mol. The zero-order valence-electron chi connectivity index (χ0n) is 12.0. The van der Waals surface area contributed by atoms with Crippen LogP contribution in [0.25, 0.3) is 0 Å². The van der Waals surface area contributed by atoms with Crippen LogP contribution in [0.4, 0.5) is 5.82 Å². The van der Waals surface area contributed by atoms with Crippen molar-refractivity contribution < 1.29 is 4.79 Å². The molecule has 1 aliphatic carbocycles. The average molecular weight is 316 g/mol. The Morgan fingerprint density at radius 3 is 2.91 bits per heavy atom. The number of amides is 1. The molecule has 7 nitrogen and oxygen atoms in total. The van der Waals surface area contributed by atoms with Crippen molar-refractivity contribution in [2.45, 2.75) is 31.7 Å². The third-order valence-electron chi connectivity index (χ3n) is 4.07. The minimum atomic E-state index is -0.0498. The lowest BCUT2D eigenvalue weighted by Gasteiger charge is -2.18. The van der Waals surface area contributed by atoms with Crippen molar-refractivity contribution in [1.29, 1.82) is 0 Å². The van der Waals surface area contributed by atoms with Crippen LogP contribution in [0.1, 0.15) is 34.6 Å². The van der Waals surface area contributed by atoms with Crippen LogP contribution in [-0.4, -0.2) is 49.5 Å². The molecule has 0 saturated heterocycles. The summed E-state index contributed by atoms with van der Waals surface area (Å²) < 4.78 is 3.77. The van der Waals surface area contributed by atoms with E-state index in [1.54, 1.807) is 11.7 Å². The van der Waals surface area contributed by atoms with E-state index in [0.29, 0.717) is 24.8 Å². The summed E-state index contributed by atoms with van der Waals surface area (Å²) in [6, 6.07) is 0.557. The highest BCUT2D eigenvalue weighted by Gasteiger charge is 2.26. The van der Waals surface area contributed by atoms with Gasteiger partial charge in [0.2, 0.25) is 0 Å². The van der Waals surface area contributed by atoms with E-state index in [2.05, 4.69) is 24.9 Å². The Morgan fingerprint density at radius 2 is 2.14 bits per heavy atom. The molecule has 1 N–H and O–H groups in total. The summed E-state index contributed by atoms with van der Waals surface area (Å²) in [4.78, 5) is 23.0. The minimum absolute atomic E-state index is 0.0498. The van der Waals surface area contributed by atoms with Crippen LogP contribution in [0.3, 0.4) is 0 Å². The first-order chi connectivity index (χ1) is 10.8. The van der Waals surface area contributed by atoms with Gasteiger partial charge in [0.15, 0.2) is 5.69 Å². The van der Waals surface area contributed by atoms with Gasteiger partial charge in [0.25, 0.3) is 5.91 Å². The van der Waals surface area contributed by atoms with Crippen molar-refractivity contribution in [1.82, 2.24) is 24.5 Å². The van der Waals surface area contributed by atoms with Gasteiger partial charge in [-0.1, -0.05) is 4.49 Å². The van der Waals surface area contributed by atoms with Gasteiger partial charge >= 0.3 is 0 Å². The third kappa shape index (κ3) is 2.66. The Hall–Kier alpha value is -2.09. The maximum atomic E-state index is 12.4. The molecule has 1 aliphatic heterocycles. The van der Waals surface area contributed by atoms with Gasteiger partial charge in [0, 0.05) is 36.5 Å². The van der Waals surface area contributed by atoms with Gasteiger partial charge in [-0.25, -0.2) is 9.97 Å². The van der Waals surface area contributed by atoms with Crippen LogP contribution in [-0.2, 0) is 12.8 Å². The number of nitrogens with one attached hydrogen (secondary N) is 1. The minimum Gasteiger partial charge on any atom is -0.367 e. The van der Waals surface area contributed by atoms with Gasteiger partial charge < -0.3 is 10.2 Å². The molecule has 1 saturated carbocycles. The van der Waals surface area contributed by atoms with E-state index in [-0.39, 0.29) is 5.91 Å². The maximum Gasteiger partial charge on any atom is 0.275 e. The van der Waals surface area contributed by atoms with Gasteiger partial charge in [-0.3, -0.25) is 4.79 Å². The number of nitrogens with zero attached hydrogens (tertiary/aromatic N) is 5. The molecule has 0 spiro atoms. The fraction of sp³-hybridized carbons (Fsp3) is 0.500. The number of hydrogen-bond donors (Lipinski definition) is 1. The van der Waals surface area contributed by atoms with Crippen molar-refractivity contribution in [3.8, 4) is 0 Å². The number of rotatable bonds is 3. The standard InChI is InChI=1S/C14H16N6OS/c21-14(12-7-22-19-18-12)20-5-3-10-11(4-6-20)15-8-16-13(10)17-9-1-2-9/h7-9H,1-6H2,(H,15,16,17). The van der Waals surface area contributed by atoms with E-state index >= 15 is 0 Å². The van der Waals surface area contributed by atoms with Crippen molar-refractivity contribution in [3.05, 3.63) is 28.7 Å². The summed E-state index contributed by atoms with van der Waals surface area (Å²) >= 11 is 1.20. The summed E-state index contributed by atoms with van der Waals surface area (Å²) in [5.41, 5.74) is 2.63. The molecule has 22 heavy (non-hydrogen) atoms. The maximum absolute atomic E-state index is 12.4. The molecule has 2 aliphatic rings. The number of carbonyl (C=O) groups excluding carboxylic acids is 1. The third-order valence-corrected chi connectivity index (χ3v) is 4.57. The number of hydrogen-bond acceptors (Lipinski definition) is 7. The quantitative estimate of drug-likeness (QED) is 0.914. The molecule has 2 aromatic heterocycles. The smallest absolute Gasteiger partial charge is 0.275 e. The Balaban J connectivity index is 1.53. The molecule has 2 aromatic rings. The van der Waals surface area contributed by atoms with E-state index in [9.17, 15) is 4.79 Å². The first-order valence-electron chi connectivity index (χ1n) is 7.47. The predicted octanol–water partition coefficient (Wildman–Crippen LogP) is 1.14. The molecular formula is C14H16N6OS. The zero-order chi connectivity index (χ0) is 14.9. The van der Waals surface area contributed by atoms with Crippen molar-refractivity contribution in [3.63, 3.8) is 0 Å². The molecule has 0 atom stereocenters. The second kappa shape index (κ2) is 5.60. The molecule has 0 aromatic carbocycles. The molecule has 3 heterocycles. The van der Waals surface area contributed by atoms with Crippen LogP contribution in [0, 0.1) is 0 Å². The summed E-state index contributed by atoms with van der Waals surface area (Å²) in [5.74, 6) is 0.892. The number of anilines is 1. The second-order valence-electron chi connectivity index (χ2n) is 5.65. The van der Waals surface area contributed by atoms with E-state index in [1.807, 2.05) is 4.90 Å². The van der Waals surface area contributed by atoms with Crippen LogP contribution in [0.5, 0.6) is 0 Å². The average Bonchev–Trinajstić information content (AvgIpc) is 3.23. The van der Waals surface area contributed by atoms with Crippen molar-refractivity contribution in [2.75, 3.05) is 18.4 Å². The Kier molecular flexibility index (Phi) is 3.45. The van der Waals surface area contributed by atoms with E-state index in [4.69, 9.17) is 0 Å². The van der Waals surface area contributed by atoms with Gasteiger partial charge in [-0.2, -0.15) is 0 Å². The SMILES string of the molecule is O=C(c1csnn1)N1CCc2ncnc(NC3CC3)c2CC1. The largest absolute Gasteiger partial charge is 0.367 e. The van der Waals surface area contributed by atoms with Crippen LogP contribution in [0.2, 0.25) is 0 Å². The highest BCUT2D eigenvalue weighted by molar-refractivity contribution is 7.03. The summed E-state index contributed by atoms with van der Waals surface area (Å²) in [5, 5.41) is 9.04. The zero-order valence-corrected chi connectivity index (χ0v) is 12.8. The van der Waals surface area contributed by atoms with Crippen LogP contribution in [0.15, 0.2) is 11.7 Å². The second-order valence-corrected chi connectivity index (χ2v) is 6.26. The molecule has 114 valence electrons. The Bertz CT molecular complexity index is 685. The first kappa shape index (κ1) is 13.6. The summed E-state index contributed by atoms with van der Waals surface area (Å²) in [7, 11) is 0. The summed E-state index contributed by atoms with van der Waals surface area (Å²) in [6.45, 7) is 1.32. The van der Waals surface area contributed by atoms with Gasteiger partial charge in [0.05, 0.1) is 5.69 Å². The van der Waals surface area contributed by atoms with Gasteiger partial charge in [-0.15, -0.1) is 5.10 Å². The van der Waals surface area contributed by atoms with E-state index in [1.165, 1.54) is 24.4 Å². The van der Waals surface area contributed by atoms with Crippen LogP contribution >= 0.6 is 11.5 Å². The lowest BCUT2D eigenvalue weighted by atomic mass is 10.1. The van der Waals surface area contributed by atoms with E-state index < -0.39 is 0 Å². The van der Waals surface area contributed by atoms with Crippen molar-refractivity contribution in [2.24, 2.45) is 0 Å². The number of carbonyl (C=O) groups is 1. The number of aromatic nitrogens is 4. The fourth-order valence-corrected chi connectivity index (χ4v) is 3.12. The lowest BCUT2D eigenvalue weighted by molar-refractivity contribution is 0.0757.